The lowest BCUT2D eigenvalue weighted by atomic mass is 10.2. The van der Waals surface area contributed by atoms with E-state index in [-0.39, 0.29) is 0 Å². The van der Waals surface area contributed by atoms with Gasteiger partial charge in [-0.3, -0.25) is 0 Å². The van der Waals surface area contributed by atoms with Gasteiger partial charge in [-0.15, -0.1) is 0 Å². The third kappa shape index (κ3) is 3.07. The van der Waals surface area contributed by atoms with Crippen LogP contribution in [0.5, 0.6) is 5.75 Å². The van der Waals surface area contributed by atoms with Crippen molar-refractivity contribution >= 4 is 11.0 Å². The fourth-order valence-corrected chi connectivity index (χ4v) is 2.31. The van der Waals surface area contributed by atoms with Crippen molar-refractivity contribution in [2.75, 3.05) is 13.7 Å². The van der Waals surface area contributed by atoms with Crippen molar-refractivity contribution in [3.8, 4) is 5.75 Å². The largest absolute Gasteiger partial charge is 0.497 e. The molecule has 2 N–H and O–H groups in total. The van der Waals surface area contributed by atoms with Crippen LogP contribution in [-0.2, 0) is 13.0 Å². The molecule has 0 radical (unpaired) electrons. The highest BCUT2D eigenvalue weighted by Crippen LogP contribution is 2.23. The number of benzene rings is 1. The minimum absolute atomic E-state index is 0.594. The van der Waals surface area contributed by atoms with Crippen molar-refractivity contribution < 1.29 is 4.74 Å². The first kappa shape index (κ1) is 13.9. The van der Waals surface area contributed by atoms with Crippen molar-refractivity contribution in [3.63, 3.8) is 0 Å². The molecule has 0 saturated carbocycles. The van der Waals surface area contributed by atoms with Gasteiger partial charge < -0.3 is 15.0 Å². The standard InChI is InChI=1S/C15H23N3O/c1-11(2)10-18-14-7-6-12(19-3)9-13(14)17-15(18)5-4-8-16/h6-7,9,11H,4-5,8,10,16H2,1-3H3. The molecule has 4 nitrogen and oxygen atoms in total. The summed E-state index contributed by atoms with van der Waals surface area (Å²) in [5.74, 6) is 2.57. The van der Waals surface area contributed by atoms with Gasteiger partial charge in [-0.05, 0) is 31.0 Å². The molecule has 0 amide bonds. The number of hydrogen-bond acceptors (Lipinski definition) is 3. The van der Waals surface area contributed by atoms with Gasteiger partial charge in [-0.2, -0.15) is 0 Å². The first-order chi connectivity index (χ1) is 9.15. The third-order valence-electron chi connectivity index (χ3n) is 3.19. The van der Waals surface area contributed by atoms with Gasteiger partial charge in [-0.25, -0.2) is 4.98 Å². The molecule has 0 saturated heterocycles. The maximum absolute atomic E-state index is 5.61. The maximum Gasteiger partial charge on any atom is 0.121 e. The van der Waals surface area contributed by atoms with Crippen LogP contribution in [0, 0.1) is 5.92 Å². The molecule has 19 heavy (non-hydrogen) atoms. The Labute approximate surface area is 114 Å². The van der Waals surface area contributed by atoms with E-state index in [9.17, 15) is 0 Å². The molecule has 0 fully saturated rings. The number of nitrogens with two attached hydrogens (primary N) is 1. The first-order valence-corrected chi connectivity index (χ1v) is 6.89. The van der Waals surface area contributed by atoms with Crippen molar-refractivity contribution in [1.29, 1.82) is 0 Å². The van der Waals surface area contributed by atoms with Gasteiger partial charge in [-0.1, -0.05) is 13.8 Å². The number of fused-ring (bicyclic) bond motifs is 1. The van der Waals surface area contributed by atoms with E-state index in [1.165, 1.54) is 5.52 Å². The van der Waals surface area contributed by atoms with E-state index in [2.05, 4.69) is 24.5 Å². The molecule has 1 aromatic carbocycles. The zero-order chi connectivity index (χ0) is 13.8. The van der Waals surface area contributed by atoms with Gasteiger partial charge in [0.25, 0.3) is 0 Å². The summed E-state index contributed by atoms with van der Waals surface area (Å²) in [5.41, 5.74) is 7.80. The normalized spacial score (nSPS) is 11.4. The summed E-state index contributed by atoms with van der Waals surface area (Å²) >= 11 is 0. The number of aryl methyl sites for hydroxylation is 1. The molecule has 2 rings (SSSR count). The summed E-state index contributed by atoms with van der Waals surface area (Å²) < 4.78 is 7.58. The molecule has 0 aliphatic carbocycles. The fourth-order valence-electron chi connectivity index (χ4n) is 2.31. The number of rotatable bonds is 6. The van der Waals surface area contributed by atoms with Gasteiger partial charge in [0.15, 0.2) is 0 Å². The van der Waals surface area contributed by atoms with Crippen LogP contribution < -0.4 is 10.5 Å². The number of ether oxygens (including phenoxy) is 1. The second-order valence-electron chi connectivity index (χ2n) is 5.28. The predicted octanol–water partition coefficient (Wildman–Crippen LogP) is 2.59. The number of methoxy groups -OCH3 is 1. The SMILES string of the molecule is COc1ccc2c(c1)nc(CCCN)n2CC(C)C. The average molecular weight is 261 g/mol. The van der Waals surface area contributed by atoms with Gasteiger partial charge >= 0.3 is 0 Å². The van der Waals surface area contributed by atoms with Crippen molar-refractivity contribution in [1.82, 2.24) is 9.55 Å². The molecule has 0 unspecified atom stereocenters. The van der Waals surface area contributed by atoms with Crippen LogP contribution in [0.2, 0.25) is 0 Å². The van der Waals surface area contributed by atoms with Crippen molar-refractivity contribution in [2.45, 2.75) is 33.2 Å². The second kappa shape index (κ2) is 6.06. The van der Waals surface area contributed by atoms with Crippen LogP contribution in [0.4, 0.5) is 0 Å². The molecule has 0 aliphatic rings. The van der Waals surface area contributed by atoms with E-state index in [0.29, 0.717) is 12.5 Å². The summed E-state index contributed by atoms with van der Waals surface area (Å²) in [4.78, 5) is 4.74. The highest BCUT2D eigenvalue weighted by Gasteiger charge is 2.12. The molecule has 2 aromatic rings. The topological polar surface area (TPSA) is 53.1 Å². The van der Waals surface area contributed by atoms with E-state index in [1.54, 1.807) is 7.11 Å². The number of imidazole rings is 1. The number of hydrogen-bond donors (Lipinski definition) is 1. The van der Waals surface area contributed by atoms with Gasteiger partial charge in [0.05, 0.1) is 18.1 Å². The molecule has 4 heteroatoms. The Hall–Kier alpha value is -1.55. The summed E-state index contributed by atoms with van der Waals surface area (Å²) in [7, 11) is 1.68. The van der Waals surface area contributed by atoms with Crippen LogP contribution >= 0.6 is 0 Å². The quantitative estimate of drug-likeness (QED) is 0.869. The summed E-state index contributed by atoms with van der Waals surface area (Å²) in [6, 6.07) is 6.08. The predicted molar refractivity (Wildman–Crippen MR) is 78.5 cm³/mol. The Morgan fingerprint density at radius 1 is 1.37 bits per heavy atom. The summed E-state index contributed by atoms with van der Waals surface area (Å²) in [6.45, 7) is 6.14. The van der Waals surface area contributed by atoms with Gasteiger partial charge in [0.2, 0.25) is 0 Å². The second-order valence-corrected chi connectivity index (χ2v) is 5.28. The Morgan fingerprint density at radius 3 is 2.79 bits per heavy atom. The minimum atomic E-state index is 0.594. The molecular weight excluding hydrogens is 238 g/mol. The minimum Gasteiger partial charge on any atom is -0.497 e. The molecule has 104 valence electrons. The molecule has 0 atom stereocenters. The maximum atomic E-state index is 5.61. The lowest BCUT2D eigenvalue weighted by Gasteiger charge is -2.11. The Morgan fingerprint density at radius 2 is 2.16 bits per heavy atom. The molecule has 0 spiro atoms. The first-order valence-electron chi connectivity index (χ1n) is 6.89. The van der Waals surface area contributed by atoms with Crippen molar-refractivity contribution in [2.24, 2.45) is 11.7 Å². The molecule has 1 heterocycles. The Bertz CT molecular complexity index is 546. The zero-order valence-corrected chi connectivity index (χ0v) is 12.0. The molecular formula is C15H23N3O. The van der Waals surface area contributed by atoms with Crippen LogP contribution in [0.1, 0.15) is 26.1 Å². The van der Waals surface area contributed by atoms with Gasteiger partial charge in [0, 0.05) is 19.0 Å². The van der Waals surface area contributed by atoms with E-state index < -0.39 is 0 Å². The molecule has 0 aliphatic heterocycles. The van der Waals surface area contributed by atoms with Crippen LogP contribution in [0.3, 0.4) is 0 Å². The number of aromatic nitrogens is 2. The van der Waals surface area contributed by atoms with E-state index >= 15 is 0 Å². The fraction of sp³-hybridized carbons (Fsp3) is 0.533. The van der Waals surface area contributed by atoms with Crippen molar-refractivity contribution in [3.05, 3.63) is 24.0 Å². The third-order valence-corrected chi connectivity index (χ3v) is 3.19. The Balaban J connectivity index is 2.45. The van der Waals surface area contributed by atoms with Crippen LogP contribution in [-0.4, -0.2) is 23.2 Å². The molecule has 0 bridgehead atoms. The summed E-state index contributed by atoms with van der Waals surface area (Å²) in [5, 5.41) is 0. The van der Waals surface area contributed by atoms with Crippen LogP contribution in [0.15, 0.2) is 18.2 Å². The van der Waals surface area contributed by atoms with E-state index in [1.807, 2.05) is 12.1 Å². The van der Waals surface area contributed by atoms with Gasteiger partial charge in [0.1, 0.15) is 11.6 Å². The van der Waals surface area contributed by atoms with Crippen LogP contribution in [0.25, 0.3) is 11.0 Å². The highest BCUT2D eigenvalue weighted by molar-refractivity contribution is 5.77. The smallest absolute Gasteiger partial charge is 0.121 e. The lowest BCUT2D eigenvalue weighted by molar-refractivity contribution is 0.415. The molecule has 1 aromatic heterocycles. The lowest BCUT2D eigenvalue weighted by Crippen LogP contribution is -2.10. The average Bonchev–Trinajstić information content (AvgIpc) is 2.73. The Kier molecular flexibility index (Phi) is 4.43. The zero-order valence-electron chi connectivity index (χ0n) is 12.0. The number of nitrogens with zero attached hydrogens (tertiary/aromatic N) is 2. The highest BCUT2D eigenvalue weighted by atomic mass is 16.5. The van der Waals surface area contributed by atoms with E-state index in [0.717, 1.165) is 36.5 Å². The van der Waals surface area contributed by atoms with E-state index in [4.69, 9.17) is 15.5 Å². The summed E-state index contributed by atoms with van der Waals surface area (Å²) in [6.07, 6.45) is 1.90. The monoisotopic (exact) mass is 261 g/mol.